The Morgan fingerprint density at radius 3 is 2.62 bits per heavy atom. The van der Waals surface area contributed by atoms with E-state index in [1.54, 1.807) is 0 Å². The Labute approximate surface area is 191 Å². The molecule has 0 bridgehead atoms. The summed E-state index contributed by atoms with van der Waals surface area (Å²) in [5, 5.41) is 3.42. The average molecular weight is 511 g/mol. The number of hydrogen-bond donors (Lipinski definition) is 1. The quantitative estimate of drug-likeness (QED) is 0.333. The molecule has 6 nitrogen and oxygen atoms in total. The topological polar surface area (TPSA) is 54.7 Å². The van der Waals surface area contributed by atoms with Gasteiger partial charge in [-0.3, -0.25) is 0 Å². The molecule has 1 aromatic heterocycles. The molecular formula is C22H34IN5O. The van der Waals surface area contributed by atoms with Crippen molar-refractivity contribution in [1.82, 2.24) is 19.8 Å². The van der Waals surface area contributed by atoms with Crippen LogP contribution >= 0.6 is 24.0 Å². The maximum atomic E-state index is 5.46. The minimum absolute atomic E-state index is 0. The number of halogens is 1. The first-order valence-corrected chi connectivity index (χ1v) is 10.4. The van der Waals surface area contributed by atoms with Crippen molar-refractivity contribution in [3.63, 3.8) is 0 Å². The fourth-order valence-corrected chi connectivity index (χ4v) is 3.49. The number of benzene rings is 1. The first kappa shape index (κ1) is 23.7. The molecule has 0 spiro atoms. The maximum Gasteiger partial charge on any atom is 0.193 e. The number of guanidine groups is 1. The van der Waals surface area contributed by atoms with Gasteiger partial charge < -0.3 is 19.5 Å². The van der Waals surface area contributed by atoms with Crippen LogP contribution in [0.15, 0.2) is 48.0 Å². The van der Waals surface area contributed by atoms with Gasteiger partial charge in [0.25, 0.3) is 0 Å². The van der Waals surface area contributed by atoms with Crippen LogP contribution in [0, 0.1) is 5.92 Å². The van der Waals surface area contributed by atoms with E-state index in [-0.39, 0.29) is 24.0 Å². The zero-order valence-corrected chi connectivity index (χ0v) is 19.9. The van der Waals surface area contributed by atoms with Gasteiger partial charge in [0.1, 0.15) is 0 Å². The van der Waals surface area contributed by atoms with Gasteiger partial charge in [-0.25, -0.2) is 9.98 Å². The van der Waals surface area contributed by atoms with E-state index in [1.165, 1.54) is 30.4 Å². The lowest BCUT2D eigenvalue weighted by molar-refractivity contribution is 0.0625. The fraction of sp³-hybridized carbons (Fsp3) is 0.545. The van der Waals surface area contributed by atoms with E-state index >= 15 is 0 Å². The predicted molar refractivity (Wildman–Crippen MR) is 129 cm³/mol. The predicted octanol–water partition coefficient (Wildman–Crippen LogP) is 3.76. The van der Waals surface area contributed by atoms with Crippen molar-refractivity contribution >= 4 is 29.9 Å². The molecule has 1 aliphatic heterocycles. The molecule has 1 aromatic carbocycles. The van der Waals surface area contributed by atoms with Crippen LogP contribution < -0.4 is 5.32 Å². The van der Waals surface area contributed by atoms with E-state index in [0.717, 1.165) is 44.7 Å². The van der Waals surface area contributed by atoms with Gasteiger partial charge >= 0.3 is 0 Å². The normalized spacial score (nSPS) is 15.0. The molecule has 0 saturated carbocycles. The molecule has 1 saturated heterocycles. The van der Waals surface area contributed by atoms with Crippen molar-refractivity contribution in [3.05, 3.63) is 54.1 Å². The van der Waals surface area contributed by atoms with Crippen LogP contribution in [0.1, 0.15) is 37.3 Å². The van der Waals surface area contributed by atoms with Crippen molar-refractivity contribution in [3.8, 4) is 0 Å². The molecule has 2 heterocycles. The molecule has 0 amide bonds. The third-order valence-corrected chi connectivity index (χ3v) is 5.27. The number of hydrogen-bond acceptors (Lipinski definition) is 3. The number of aliphatic imine (C=N–C) groups is 1. The summed E-state index contributed by atoms with van der Waals surface area (Å²) in [5.74, 6) is 1.76. The van der Waals surface area contributed by atoms with Gasteiger partial charge in [-0.2, -0.15) is 0 Å². The van der Waals surface area contributed by atoms with Crippen LogP contribution in [0.3, 0.4) is 0 Å². The van der Waals surface area contributed by atoms with Crippen LogP contribution in [0.4, 0.5) is 0 Å². The zero-order chi connectivity index (χ0) is 19.6. The Balaban J connectivity index is 0.00000300. The third-order valence-electron chi connectivity index (χ3n) is 5.27. The second-order valence-corrected chi connectivity index (χ2v) is 7.49. The van der Waals surface area contributed by atoms with E-state index in [1.807, 2.05) is 18.7 Å². The summed E-state index contributed by atoms with van der Waals surface area (Å²) in [4.78, 5) is 11.2. The second-order valence-electron chi connectivity index (χ2n) is 7.49. The van der Waals surface area contributed by atoms with E-state index in [9.17, 15) is 0 Å². The van der Waals surface area contributed by atoms with Gasteiger partial charge in [0.05, 0.1) is 12.9 Å². The lowest BCUT2D eigenvalue weighted by Gasteiger charge is -2.26. The molecule has 0 atom stereocenters. The minimum Gasteiger partial charge on any atom is -0.381 e. The number of imidazole rings is 1. The molecule has 1 aliphatic rings. The standard InChI is InChI=1S/C22H33N5O.HI/c1-3-24-22(26(2)12-8-19-9-14-28-15-10-19)25-16-20-4-6-21(7-5-20)17-27-13-11-23-18-27;/h4-7,11,13,18-19H,3,8-10,12,14-17H2,1-2H3,(H,24,25);1H. The Hall–Kier alpha value is -1.61. The Morgan fingerprint density at radius 1 is 1.24 bits per heavy atom. The monoisotopic (exact) mass is 511 g/mol. The molecule has 160 valence electrons. The van der Waals surface area contributed by atoms with Crippen LogP contribution in [-0.4, -0.2) is 53.8 Å². The van der Waals surface area contributed by atoms with E-state index in [4.69, 9.17) is 9.73 Å². The lowest BCUT2D eigenvalue weighted by atomic mass is 9.96. The summed E-state index contributed by atoms with van der Waals surface area (Å²) >= 11 is 0. The van der Waals surface area contributed by atoms with E-state index < -0.39 is 0 Å². The molecular weight excluding hydrogens is 477 g/mol. The van der Waals surface area contributed by atoms with E-state index in [2.05, 4.69) is 58.0 Å². The third kappa shape index (κ3) is 7.97. The van der Waals surface area contributed by atoms with Gasteiger partial charge in [-0.15, -0.1) is 24.0 Å². The highest BCUT2D eigenvalue weighted by atomic mass is 127. The molecule has 1 N–H and O–H groups in total. The van der Waals surface area contributed by atoms with Gasteiger partial charge in [-0.05, 0) is 43.2 Å². The van der Waals surface area contributed by atoms with Crippen LogP contribution in [0.5, 0.6) is 0 Å². The number of nitrogens with zero attached hydrogens (tertiary/aromatic N) is 4. The van der Waals surface area contributed by atoms with Crippen molar-refractivity contribution in [2.75, 3.05) is 33.4 Å². The summed E-state index contributed by atoms with van der Waals surface area (Å²) < 4.78 is 7.54. The Kier molecular flexibility index (Phi) is 10.5. The second kappa shape index (κ2) is 12.8. The number of rotatable bonds is 8. The van der Waals surface area contributed by atoms with Crippen molar-refractivity contribution in [1.29, 1.82) is 0 Å². The zero-order valence-electron chi connectivity index (χ0n) is 17.6. The largest absolute Gasteiger partial charge is 0.381 e. The van der Waals surface area contributed by atoms with Crippen molar-refractivity contribution < 1.29 is 4.74 Å². The molecule has 7 heteroatoms. The fourth-order valence-electron chi connectivity index (χ4n) is 3.49. The molecule has 0 radical (unpaired) electrons. The Morgan fingerprint density at radius 2 is 1.97 bits per heavy atom. The number of nitrogens with one attached hydrogen (secondary N) is 1. The smallest absolute Gasteiger partial charge is 0.193 e. The highest BCUT2D eigenvalue weighted by Crippen LogP contribution is 2.18. The highest BCUT2D eigenvalue weighted by Gasteiger charge is 2.15. The van der Waals surface area contributed by atoms with Crippen LogP contribution in [0.2, 0.25) is 0 Å². The van der Waals surface area contributed by atoms with Crippen molar-refractivity contribution in [2.45, 2.75) is 39.3 Å². The van der Waals surface area contributed by atoms with Crippen LogP contribution in [0.25, 0.3) is 0 Å². The first-order valence-electron chi connectivity index (χ1n) is 10.4. The van der Waals surface area contributed by atoms with Gasteiger partial charge in [0, 0.05) is 52.3 Å². The molecule has 0 unspecified atom stereocenters. The van der Waals surface area contributed by atoms with Gasteiger partial charge in [0.2, 0.25) is 0 Å². The molecule has 2 aromatic rings. The Bertz CT molecular complexity index is 711. The molecule has 1 fully saturated rings. The lowest BCUT2D eigenvalue weighted by Crippen LogP contribution is -2.40. The number of aromatic nitrogens is 2. The first-order chi connectivity index (χ1) is 13.7. The van der Waals surface area contributed by atoms with E-state index in [0.29, 0.717) is 6.54 Å². The average Bonchev–Trinajstić information content (AvgIpc) is 3.24. The number of ether oxygens (including phenoxy) is 1. The summed E-state index contributed by atoms with van der Waals surface area (Å²) in [7, 11) is 2.13. The van der Waals surface area contributed by atoms with Crippen molar-refractivity contribution in [2.24, 2.45) is 10.9 Å². The summed E-state index contributed by atoms with van der Waals surface area (Å²) in [6, 6.07) is 8.68. The summed E-state index contributed by atoms with van der Waals surface area (Å²) in [6.45, 7) is 7.40. The van der Waals surface area contributed by atoms with Gasteiger partial charge in [-0.1, -0.05) is 24.3 Å². The molecule has 3 rings (SSSR count). The minimum atomic E-state index is 0. The van der Waals surface area contributed by atoms with Gasteiger partial charge in [0.15, 0.2) is 5.96 Å². The maximum absolute atomic E-state index is 5.46. The summed E-state index contributed by atoms with van der Waals surface area (Å²) in [6.07, 6.45) is 9.21. The highest BCUT2D eigenvalue weighted by molar-refractivity contribution is 14.0. The SMILES string of the molecule is CCNC(=NCc1ccc(Cn2ccnc2)cc1)N(C)CCC1CCOCC1.I. The summed E-state index contributed by atoms with van der Waals surface area (Å²) in [5.41, 5.74) is 2.49. The van der Waals surface area contributed by atoms with Crippen LogP contribution in [-0.2, 0) is 17.8 Å². The molecule has 0 aliphatic carbocycles. The molecule has 29 heavy (non-hydrogen) atoms.